The van der Waals surface area contributed by atoms with Gasteiger partial charge in [-0.1, -0.05) is 41.6 Å². The van der Waals surface area contributed by atoms with Crippen molar-refractivity contribution in [2.24, 2.45) is 0 Å². The monoisotopic (exact) mass is 398 g/mol. The summed E-state index contributed by atoms with van der Waals surface area (Å²) in [5.74, 6) is -0.142. The van der Waals surface area contributed by atoms with Crippen molar-refractivity contribution in [3.05, 3.63) is 45.9 Å². The first-order valence-electron chi connectivity index (χ1n) is 7.76. The number of benzene rings is 1. The van der Waals surface area contributed by atoms with Crippen molar-refractivity contribution in [1.29, 1.82) is 0 Å². The van der Waals surface area contributed by atoms with Gasteiger partial charge in [0.1, 0.15) is 0 Å². The summed E-state index contributed by atoms with van der Waals surface area (Å²) in [6, 6.07) is 7.27. The summed E-state index contributed by atoms with van der Waals surface area (Å²) in [5.41, 5.74) is 1.55. The summed E-state index contributed by atoms with van der Waals surface area (Å²) in [7, 11) is 0. The highest BCUT2D eigenvalue weighted by molar-refractivity contribution is 8.01. The first-order valence-corrected chi connectivity index (χ1v) is 10.0. The number of hydrogen-bond acceptors (Lipinski definition) is 6. The number of thiazole rings is 1. The lowest BCUT2D eigenvalue weighted by atomic mass is 10.1. The molecule has 0 aliphatic rings. The molecule has 1 atom stereocenters. The maximum Gasteiger partial charge on any atom is 0.311 e. The molecule has 0 unspecified atom stereocenters. The lowest BCUT2D eigenvalue weighted by Gasteiger charge is -2.15. The van der Waals surface area contributed by atoms with Crippen LogP contribution in [0, 0.1) is 0 Å². The van der Waals surface area contributed by atoms with Gasteiger partial charge in [-0.2, -0.15) is 0 Å². The summed E-state index contributed by atoms with van der Waals surface area (Å²) >= 11 is 8.89. The Morgan fingerprint density at radius 2 is 2.16 bits per heavy atom. The summed E-state index contributed by atoms with van der Waals surface area (Å²) in [4.78, 5) is 27.9. The number of rotatable bonds is 8. The molecule has 0 aliphatic carbocycles. The fourth-order valence-corrected chi connectivity index (χ4v) is 4.07. The van der Waals surface area contributed by atoms with Crippen LogP contribution >= 0.6 is 34.7 Å². The van der Waals surface area contributed by atoms with Crippen molar-refractivity contribution >= 4 is 46.6 Å². The van der Waals surface area contributed by atoms with Crippen LogP contribution < -0.4 is 5.32 Å². The molecule has 0 fully saturated rings. The molecule has 5 nitrogen and oxygen atoms in total. The molecule has 25 heavy (non-hydrogen) atoms. The second kappa shape index (κ2) is 9.79. The maximum atomic E-state index is 12.1. The van der Waals surface area contributed by atoms with Crippen molar-refractivity contribution in [1.82, 2.24) is 10.3 Å². The van der Waals surface area contributed by atoms with E-state index in [0.29, 0.717) is 17.3 Å². The van der Waals surface area contributed by atoms with Crippen LogP contribution in [0.25, 0.3) is 0 Å². The van der Waals surface area contributed by atoms with E-state index in [2.05, 4.69) is 10.3 Å². The third-order valence-electron chi connectivity index (χ3n) is 3.24. The van der Waals surface area contributed by atoms with E-state index < -0.39 is 0 Å². The minimum Gasteiger partial charge on any atom is -0.466 e. The van der Waals surface area contributed by atoms with Crippen LogP contribution in [0.3, 0.4) is 0 Å². The molecular weight excluding hydrogens is 380 g/mol. The van der Waals surface area contributed by atoms with Crippen molar-refractivity contribution in [2.75, 3.05) is 12.4 Å². The van der Waals surface area contributed by atoms with Crippen molar-refractivity contribution < 1.29 is 14.3 Å². The highest BCUT2D eigenvalue weighted by atomic mass is 35.5. The Balaban J connectivity index is 1.81. The zero-order chi connectivity index (χ0) is 18.2. The predicted molar refractivity (Wildman–Crippen MR) is 101 cm³/mol. The number of aromatic nitrogens is 1. The standard InChI is InChI=1S/C17H19ClN2O3S2/c1-3-23-16(22)8-12-9-24-17(20-12)25-10-15(21)19-11(2)13-6-4-5-7-14(13)18/h4-7,9,11H,3,8,10H2,1-2H3,(H,19,21)/t11-/m0/s1. The van der Waals surface area contributed by atoms with Gasteiger partial charge in [-0.3, -0.25) is 9.59 Å². The van der Waals surface area contributed by atoms with Crippen molar-refractivity contribution in [3.8, 4) is 0 Å². The van der Waals surface area contributed by atoms with E-state index in [4.69, 9.17) is 16.3 Å². The molecule has 0 bridgehead atoms. The zero-order valence-electron chi connectivity index (χ0n) is 14.0. The van der Waals surface area contributed by atoms with Gasteiger partial charge in [0.25, 0.3) is 0 Å². The molecule has 8 heteroatoms. The van der Waals surface area contributed by atoms with Crippen LogP contribution in [0.4, 0.5) is 0 Å². The van der Waals surface area contributed by atoms with Crippen molar-refractivity contribution in [3.63, 3.8) is 0 Å². The SMILES string of the molecule is CCOC(=O)Cc1csc(SCC(=O)N[C@@H](C)c2ccccc2Cl)n1. The van der Waals surface area contributed by atoms with Gasteiger partial charge in [0.05, 0.1) is 30.5 Å². The van der Waals surface area contributed by atoms with E-state index in [0.717, 1.165) is 9.90 Å². The molecule has 1 aromatic carbocycles. The highest BCUT2D eigenvalue weighted by Crippen LogP contribution is 2.24. The van der Waals surface area contributed by atoms with E-state index in [-0.39, 0.29) is 30.1 Å². The molecule has 134 valence electrons. The fourth-order valence-electron chi connectivity index (χ4n) is 2.11. The number of ether oxygens (including phenoxy) is 1. The molecule has 1 heterocycles. The number of esters is 1. The molecule has 2 aromatic rings. The summed E-state index contributed by atoms with van der Waals surface area (Å²) in [5, 5.41) is 5.36. The number of nitrogens with zero attached hydrogens (tertiary/aromatic N) is 1. The van der Waals surface area contributed by atoms with Gasteiger partial charge in [0, 0.05) is 10.4 Å². The number of hydrogen-bond donors (Lipinski definition) is 1. The largest absolute Gasteiger partial charge is 0.466 e. The van der Waals surface area contributed by atoms with E-state index >= 15 is 0 Å². The van der Waals surface area contributed by atoms with Crippen LogP contribution in [0.2, 0.25) is 5.02 Å². The van der Waals surface area contributed by atoms with E-state index in [1.165, 1.54) is 23.1 Å². The minimum absolute atomic E-state index is 0.0976. The van der Waals surface area contributed by atoms with Crippen LogP contribution in [0.5, 0.6) is 0 Å². The summed E-state index contributed by atoms with van der Waals surface area (Å²) in [6.07, 6.45) is 0.153. The quantitative estimate of drug-likeness (QED) is 0.540. The first kappa shape index (κ1) is 19.8. The average molecular weight is 399 g/mol. The Hall–Kier alpha value is -1.57. The number of nitrogens with one attached hydrogen (secondary N) is 1. The van der Waals surface area contributed by atoms with Crippen LogP contribution in [-0.2, 0) is 20.7 Å². The summed E-state index contributed by atoms with van der Waals surface area (Å²) in [6.45, 7) is 4.02. The van der Waals surface area contributed by atoms with Crippen molar-refractivity contribution in [2.45, 2.75) is 30.6 Å². The normalized spacial score (nSPS) is 11.8. The molecular formula is C17H19ClN2O3S2. The topological polar surface area (TPSA) is 68.3 Å². The van der Waals surface area contributed by atoms with E-state index in [1.54, 1.807) is 13.0 Å². The minimum atomic E-state index is -0.296. The highest BCUT2D eigenvalue weighted by Gasteiger charge is 2.14. The molecule has 0 aliphatic heterocycles. The predicted octanol–water partition coefficient (Wildman–Crippen LogP) is 3.87. The maximum absolute atomic E-state index is 12.1. The summed E-state index contributed by atoms with van der Waals surface area (Å²) < 4.78 is 5.64. The molecule has 1 amide bonds. The first-order chi connectivity index (χ1) is 12.0. The van der Waals surface area contributed by atoms with Gasteiger partial charge in [0.15, 0.2) is 4.34 Å². The Morgan fingerprint density at radius 3 is 2.88 bits per heavy atom. The molecule has 2 rings (SSSR count). The average Bonchev–Trinajstić information content (AvgIpc) is 3.01. The Bertz CT molecular complexity index is 736. The number of thioether (sulfide) groups is 1. The van der Waals surface area contributed by atoms with Gasteiger partial charge in [-0.05, 0) is 25.5 Å². The second-order valence-corrected chi connectivity index (χ2v) is 7.67. The van der Waals surface area contributed by atoms with Crippen LogP contribution in [-0.4, -0.2) is 29.2 Å². The van der Waals surface area contributed by atoms with Crippen LogP contribution in [0.15, 0.2) is 34.0 Å². The van der Waals surface area contributed by atoms with Gasteiger partial charge >= 0.3 is 5.97 Å². The number of carbonyl (C=O) groups is 2. The Morgan fingerprint density at radius 1 is 1.40 bits per heavy atom. The second-order valence-electron chi connectivity index (χ2n) is 5.19. The lowest BCUT2D eigenvalue weighted by molar-refractivity contribution is -0.142. The Kier molecular flexibility index (Phi) is 7.74. The fraction of sp³-hybridized carbons (Fsp3) is 0.353. The smallest absolute Gasteiger partial charge is 0.311 e. The third-order valence-corrected chi connectivity index (χ3v) is 5.65. The zero-order valence-corrected chi connectivity index (χ0v) is 16.3. The van der Waals surface area contributed by atoms with Gasteiger partial charge in [-0.15, -0.1) is 11.3 Å². The Labute approximate surface area is 160 Å². The molecule has 1 N–H and O–H groups in total. The molecule has 0 spiro atoms. The number of halogens is 1. The third kappa shape index (κ3) is 6.34. The van der Waals surface area contributed by atoms with Gasteiger partial charge < -0.3 is 10.1 Å². The van der Waals surface area contributed by atoms with E-state index in [1.807, 2.05) is 30.5 Å². The number of amides is 1. The molecule has 0 saturated carbocycles. The van der Waals surface area contributed by atoms with Gasteiger partial charge in [-0.25, -0.2) is 4.98 Å². The van der Waals surface area contributed by atoms with Crippen LogP contribution in [0.1, 0.15) is 31.1 Å². The van der Waals surface area contributed by atoms with E-state index in [9.17, 15) is 9.59 Å². The molecule has 0 saturated heterocycles. The molecule has 1 aromatic heterocycles. The number of carbonyl (C=O) groups excluding carboxylic acids is 2. The lowest BCUT2D eigenvalue weighted by Crippen LogP contribution is -2.28. The van der Waals surface area contributed by atoms with Gasteiger partial charge in [0.2, 0.25) is 5.91 Å². The molecule has 0 radical (unpaired) electrons.